The maximum atomic E-state index is 12.6. The maximum absolute atomic E-state index is 12.6. The molecule has 4 aromatic rings. The molecule has 2 heterocycles. The third-order valence-electron chi connectivity index (χ3n) is 5.55. The molecule has 34 heavy (non-hydrogen) atoms. The molecule has 5 N–H and O–H groups in total. The van der Waals surface area contributed by atoms with E-state index in [0.29, 0.717) is 29.4 Å². The van der Waals surface area contributed by atoms with Gasteiger partial charge >= 0.3 is 0 Å². The second-order valence-corrected chi connectivity index (χ2v) is 10.3. The quantitative estimate of drug-likeness (QED) is 0.301. The molecule has 0 amide bonds. The van der Waals surface area contributed by atoms with E-state index in [9.17, 15) is 13.5 Å². The van der Waals surface area contributed by atoms with Crippen molar-refractivity contribution in [2.24, 2.45) is 0 Å². The topological polar surface area (TPSA) is 143 Å². The van der Waals surface area contributed by atoms with Crippen molar-refractivity contribution in [3.8, 4) is 5.75 Å². The van der Waals surface area contributed by atoms with Crippen molar-refractivity contribution in [2.75, 3.05) is 23.4 Å². The number of aromatic hydroxyl groups is 1. The highest BCUT2D eigenvalue weighted by Crippen LogP contribution is 2.26. The maximum Gasteiger partial charge on any atom is 0.201 e. The molecule has 0 spiro atoms. The van der Waals surface area contributed by atoms with Gasteiger partial charge < -0.3 is 25.8 Å². The lowest BCUT2D eigenvalue weighted by molar-refractivity contribution is 0.319. The molecule has 2 aromatic heterocycles. The molecule has 0 saturated heterocycles. The lowest BCUT2D eigenvalue weighted by Crippen LogP contribution is -2.13. The van der Waals surface area contributed by atoms with Crippen molar-refractivity contribution < 1.29 is 18.6 Å². The van der Waals surface area contributed by atoms with Crippen LogP contribution in [-0.4, -0.2) is 45.5 Å². The number of fused-ring (bicyclic) bond motifs is 1. The summed E-state index contributed by atoms with van der Waals surface area (Å²) in [5.41, 5.74) is 11.2. The molecule has 0 aliphatic heterocycles. The second kappa shape index (κ2) is 9.32. The third-order valence-corrected chi connectivity index (χ3v) is 7.30. The van der Waals surface area contributed by atoms with Crippen LogP contribution in [0.1, 0.15) is 22.5 Å². The molecule has 0 unspecified atom stereocenters. The molecule has 0 bridgehead atoms. The molecule has 2 aromatic carbocycles. The van der Waals surface area contributed by atoms with E-state index in [1.165, 1.54) is 0 Å². The summed E-state index contributed by atoms with van der Waals surface area (Å²) in [7, 11) is -3.62. The number of nitrogen functional groups attached to an aromatic ring is 1. The third kappa shape index (κ3) is 4.82. The van der Waals surface area contributed by atoms with Crippen LogP contribution in [0, 0.1) is 13.8 Å². The smallest absolute Gasteiger partial charge is 0.201 e. The van der Waals surface area contributed by atoms with Crippen molar-refractivity contribution in [1.29, 1.82) is 0 Å². The number of benzene rings is 2. The first kappa shape index (κ1) is 23.5. The summed E-state index contributed by atoms with van der Waals surface area (Å²) in [6.45, 7) is 3.91. The molecule has 0 atom stereocenters. The summed E-state index contributed by atoms with van der Waals surface area (Å²) >= 11 is 0. The van der Waals surface area contributed by atoms with Crippen molar-refractivity contribution in [2.45, 2.75) is 31.8 Å². The SMILES string of the molecule is Cc1ccc(S(=O)(=O)CCO)c(NCc2ccc3nc(N)n(Cc4nc(C)ccc4O)c3c2)c1. The van der Waals surface area contributed by atoms with Gasteiger partial charge in [0.2, 0.25) is 5.95 Å². The number of hydrogen-bond donors (Lipinski definition) is 4. The van der Waals surface area contributed by atoms with E-state index in [0.717, 1.165) is 22.3 Å². The van der Waals surface area contributed by atoms with E-state index in [4.69, 9.17) is 10.8 Å². The second-order valence-electron chi connectivity index (χ2n) is 8.19. The lowest BCUT2D eigenvalue weighted by Gasteiger charge is -2.14. The molecule has 0 saturated carbocycles. The van der Waals surface area contributed by atoms with Gasteiger partial charge in [0, 0.05) is 12.2 Å². The van der Waals surface area contributed by atoms with Crippen molar-refractivity contribution in [1.82, 2.24) is 14.5 Å². The Morgan fingerprint density at radius 1 is 1.06 bits per heavy atom. The van der Waals surface area contributed by atoms with E-state index in [1.54, 1.807) is 34.9 Å². The number of aliphatic hydroxyl groups is 1. The Balaban J connectivity index is 1.64. The molecular formula is C24H27N5O4S. The predicted molar refractivity (Wildman–Crippen MR) is 132 cm³/mol. The van der Waals surface area contributed by atoms with Crippen molar-refractivity contribution >= 4 is 32.5 Å². The van der Waals surface area contributed by atoms with Crippen LogP contribution in [0.4, 0.5) is 11.6 Å². The molecule has 10 heteroatoms. The van der Waals surface area contributed by atoms with Crippen LogP contribution < -0.4 is 11.1 Å². The highest BCUT2D eigenvalue weighted by Gasteiger charge is 2.19. The van der Waals surface area contributed by atoms with E-state index in [1.807, 2.05) is 32.0 Å². The average molecular weight is 482 g/mol. The zero-order valence-corrected chi connectivity index (χ0v) is 19.8. The van der Waals surface area contributed by atoms with Crippen LogP contribution in [0.3, 0.4) is 0 Å². The zero-order chi connectivity index (χ0) is 24.5. The highest BCUT2D eigenvalue weighted by atomic mass is 32.2. The number of rotatable bonds is 8. The van der Waals surface area contributed by atoms with Crippen molar-refractivity contribution in [3.05, 3.63) is 71.0 Å². The number of aryl methyl sites for hydroxylation is 2. The van der Waals surface area contributed by atoms with Gasteiger partial charge in [0.1, 0.15) is 11.4 Å². The standard InChI is InChI=1S/C24H27N5O4S/c1-15-3-8-23(34(32,33)10-9-30)19(11-15)26-13-17-5-6-18-21(12-17)29(24(25)28-18)14-20-22(31)7-4-16(2)27-20/h3-8,11-12,26,30-31H,9-10,13-14H2,1-2H3,(H2,25,28). The van der Waals surface area contributed by atoms with Gasteiger partial charge in [-0.05, 0) is 61.4 Å². The van der Waals surface area contributed by atoms with Gasteiger partial charge in [0.25, 0.3) is 0 Å². The fourth-order valence-electron chi connectivity index (χ4n) is 3.81. The summed E-state index contributed by atoms with van der Waals surface area (Å²) in [6.07, 6.45) is 0. The summed E-state index contributed by atoms with van der Waals surface area (Å²) in [4.78, 5) is 8.97. The predicted octanol–water partition coefficient (Wildman–Crippen LogP) is 2.76. The first-order valence-corrected chi connectivity index (χ1v) is 12.4. The minimum absolute atomic E-state index is 0.0840. The van der Waals surface area contributed by atoms with Crippen LogP contribution >= 0.6 is 0 Å². The Bertz CT molecular complexity index is 1460. The van der Waals surface area contributed by atoms with Gasteiger partial charge in [0.05, 0.1) is 40.5 Å². The molecule has 0 fully saturated rings. The fraction of sp³-hybridized carbons (Fsp3) is 0.250. The van der Waals surface area contributed by atoms with Gasteiger partial charge in [-0.3, -0.25) is 4.98 Å². The van der Waals surface area contributed by atoms with Crippen LogP contribution in [0.15, 0.2) is 53.4 Å². The monoisotopic (exact) mass is 481 g/mol. The fourth-order valence-corrected chi connectivity index (χ4v) is 5.01. The first-order valence-electron chi connectivity index (χ1n) is 10.8. The summed E-state index contributed by atoms with van der Waals surface area (Å²) < 4.78 is 26.9. The number of anilines is 2. The number of nitrogens with one attached hydrogen (secondary N) is 1. The number of sulfone groups is 1. The Hall–Kier alpha value is -3.63. The molecule has 4 rings (SSSR count). The van der Waals surface area contributed by atoms with E-state index >= 15 is 0 Å². The summed E-state index contributed by atoms with van der Waals surface area (Å²) in [5, 5.41) is 22.6. The largest absolute Gasteiger partial charge is 0.506 e. The minimum atomic E-state index is -3.62. The van der Waals surface area contributed by atoms with Gasteiger partial charge in [-0.25, -0.2) is 13.4 Å². The Kier molecular flexibility index (Phi) is 6.45. The highest BCUT2D eigenvalue weighted by molar-refractivity contribution is 7.91. The molecule has 0 aliphatic carbocycles. The molecule has 0 aliphatic rings. The zero-order valence-electron chi connectivity index (χ0n) is 19.0. The van der Waals surface area contributed by atoms with Gasteiger partial charge in [-0.15, -0.1) is 0 Å². The number of imidazole rings is 1. The number of aromatic nitrogens is 3. The van der Waals surface area contributed by atoms with Crippen LogP contribution in [0.25, 0.3) is 11.0 Å². The average Bonchev–Trinajstić information content (AvgIpc) is 3.09. The Morgan fingerprint density at radius 3 is 2.62 bits per heavy atom. The minimum Gasteiger partial charge on any atom is -0.506 e. The van der Waals surface area contributed by atoms with Crippen LogP contribution in [0.5, 0.6) is 5.75 Å². The van der Waals surface area contributed by atoms with E-state index < -0.39 is 16.4 Å². The lowest BCUT2D eigenvalue weighted by atomic mass is 10.1. The molecule has 9 nitrogen and oxygen atoms in total. The summed E-state index contributed by atoms with van der Waals surface area (Å²) in [6, 6.07) is 14.1. The number of nitrogens with zero attached hydrogens (tertiary/aromatic N) is 3. The first-order chi connectivity index (χ1) is 16.2. The van der Waals surface area contributed by atoms with Gasteiger partial charge in [-0.2, -0.15) is 0 Å². The van der Waals surface area contributed by atoms with Crippen LogP contribution in [-0.2, 0) is 22.9 Å². The normalized spacial score (nSPS) is 11.7. The molecular weight excluding hydrogens is 454 g/mol. The van der Waals surface area contributed by atoms with Crippen molar-refractivity contribution in [3.63, 3.8) is 0 Å². The number of hydrogen-bond acceptors (Lipinski definition) is 8. The van der Waals surface area contributed by atoms with E-state index in [2.05, 4.69) is 15.3 Å². The molecule has 0 radical (unpaired) electrons. The number of pyridine rings is 1. The Morgan fingerprint density at radius 2 is 1.85 bits per heavy atom. The molecule has 178 valence electrons. The summed E-state index contributed by atoms with van der Waals surface area (Å²) in [5.74, 6) is 0.0502. The number of aliphatic hydroxyl groups excluding tert-OH is 1. The Labute approximate surface area is 197 Å². The van der Waals surface area contributed by atoms with Crippen LogP contribution in [0.2, 0.25) is 0 Å². The van der Waals surface area contributed by atoms with Gasteiger partial charge in [0.15, 0.2) is 9.84 Å². The van der Waals surface area contributed by atoms with Gasteiger partial charge in [-0.1, -0.05) is 12.1 Å². The van der Waals surface area contributed by atoms with E-state index in [-0.39, 0.29) is 22.9 Å². The number of nitrogens with two attached hydrogens (primary N) is 1.